The molecule has 0 bridgehead atoms. The van der Waals surface area contributed by atoms with Crippen molar-refractivity contribution in [2.75, 3.05) is 14.1 Å². The van der Waals surface area contributed by atoms with Crippen molar-refractivity contribution < 1.29 is 0 Å². The van der Waals surface area contributed by atoms with Gasteiger partial charge in [-0.15, -0.1) is 0 Å². The summed E-state index contributed by atoms with van der Waals surface area (Å²) >= 11 is 0. The van der Waals surface area contributed by atoms with Gasteiger partial charge in [0.25, 0.3) is 0 Å². The summed E-state index contributed by atoms with van der Waals surface area (Å²) < 4.78 is 0. The van der Waals surface area contributed by atoms with E-state index in [1.54, 1.807) is 0 Å². The standard InChI is InChI=1S/C18H23N/c1-15-10-8-9-13-17(15)18(2,19(3)4)14-16-11-6-5-7-12-16/h5-13H,14H2,1-4H3. The van der Waals surface area contributed by atoms with Gasteiger partial charge in [-0.1, -0.05) is 54.6 Å². The van der Waals surface area contributed by atoms with Gasteiger partial charge in [-0.2, -0.15) is 0 Å². The van der Waals surface area contributed by atoms with E-state index < -0.39 is 0 Å². The number of hydrogen-bond donors (Lipinski definition) is 0. The smallest absolute Gasteiger partial charge is 0.0469 e. The lowest BCUT2D eigenvalue weighted by molar-refractivity contribution is 0.172. The largest absolute Gasteiger partial charge is 0.300 e. The predicted octanol–water partition coefficient (Wildman–Crippen LogP) is 4.01. The van der Waals surface area contributed by atoms with Crippen LogP contribution in [0.2, 0.25) is 0 Å². The van der Waals surface area contributed by atoms with Crippen molar-refractivity contribution in [3.63, 3.8) is 0 Å². The summed E-state index contributed by atoms with van der Waals surface area (Å²) in [4.78, 5) is 2.32. The van der Waals surface area contributed by atoms with Crippen molar-refractivity contribution in [1.29, 1.82) is 0 Å². The van der Waals surface area contributed by atoms with Gasteiger partial charge in [-0.25, -0.2) is 0 Å². The van der Waals surface area contributed by atoms with Gasteiger partial charge in [0.2, 0.25) is 0 Å². The maximum absolute atomic E-state index is 2.32. The lowest BCUT2D eigenvalue weighted by Crippen LogP contribution is -2.41. The molecule has 2 rings (SSSR count). The van der Waals surface area contributed by atoms with Crippen molar-refractivity contribution in [2.24, 2.45) is 0 Å². The van der Waals surface area contributed by atoms with E-state index in [9.17, 15) is 0 Å². The highest BCUT2D eigenvalue weighted by molar-refractivity contribution is 5.34. The highest BCUT2D eigenvalue weighted by Gasteiger charge is 2.30. The van der Waals surface area contributed by atoms with Crippen LogP contribution in [-0.4, -0.2) is 19.0 Å². The second-order valence-electron chi connectivity index (χ2n) is 5.65. The second kappa shape index (κ2) is 5.58. The minimum absolute atomic E-state index is 0.0205. The van der Waals surface area contributed by atoms with Crippen molar-refractivity contribution in [3.05, 3.63) is 71.3 Å². The van der Waals surface area contributed by atoms with Crippen LogP contribution >= 0.6 is 0 Å². The molecule has 0 aliphatic heterocycles. The zero-order chi connectivity index (χ0) is 13.9. The van der Waals surface area contributed by atoms with Gasteiger partial charge in [0.05, 0.1) is 0 Å². The Kier molecular flexibility index (Phi) is 4.06. The Morgan fingerprint density at radius 3 is 2.05 bits per heavy atom. The molecule has 0 amide bonds. The first-order chi connectivity index (χ1) is 9.04. The van der Waals surface area contributed by atoms with Gasteiger partial charge in [0.1, 0.15) is 0 Å². The SMILES string of the molecule is Cc1ccccc1C(C)(Cc1ccccc1)N(C)C. The molecule has 0 N–H and O–H groups in total. The maximum Gasteiger partial charge on any atom is 0.0469 e. The lowest BCUT2D eigenvalue weighted by atomic mass is 9.82. The molecule has 19 heavy (non-hydrogen) atoms. The van der Waals surface area contributed by atoms with E-state index in [1.807, 2.05) is 0 Å². The minimum Gasteiger partial charge on any atom is -0.300 e. The number of rotatable bonds is 4. The van der Waals surface area contributed by atoms with Crippen molar-refractivity contribution in [3.8, 4) is 0 Å². The van der Waals surface area contributed by atoms with E-state index in [0.717, 1.165) is 6.42 Å². The molecule has 0 radical (unpaired) electrons. The Morgan fingerprint density at radius 1 is 0.895 bits per heavy atom. The molecule has 0 heterocycles. The summed E-state index contributed by atoms with van der Waals surface area (Å²) in [6.45, 7) is 4.52. The summed E-state index contributed by atoms with van der Waals surface area (Å²) in [5.74, 6) is 0. The quantitative estimate of drug-likeness (QED) is 0.795. The molecule has 1 heteroatoms. The Hall–Kier alpha value is -1.60. The van der Waals surface area contributed by atoms with Gasteiger partial charge >= 0.3 is 0 Å². The Labute approximate surface area is 116 Å². The summed E-state index contributed by atoms with van der Waals surface area (Å²) in [7, 11) is 4.32. The van der Waals surface area contributed by atoms with Crippen LogP contribution in [0.5, 0.6) is 0 Å². The van der Waals surface area contributed by atoms with Crippen LogP contribution < -0.4 is 0 Å². The van der Waals surface area contributed by atoms with Crippen LogP contribution in [-0.2, 0) is 12.0 Å². The molecule has 0 spiro atoms. The topological polar surface area (TPSA) is 3.24 Å². The molecule has 0 aliphatic carbocycles. The third-order valence-corrected chi connectivity index (χ3v) is 4.10. The predicted molar refractivity (Wildman–Crippen MR) is 82.4 cm³/mol. The third-order valence-electron chi connectivity index (χ3n) is 4.10. The zero-order valence-corrected chi connectivity index (χ0v) is 12.4. The van der Waals surface area contributed by atoms with Gasteiger partial charge in [-0.05, 0) is 51.1 Å². The number of hydrogen-bond acceptors (Lipinski definition) is 1. The van der Waals surface area contributed by atoms with Crippen LogP contribution in [0.1, 0.15) is 23.6 Å². The van der Waals surface area contributed by atoms with E-state index in [1.165, 1.54) is 16.7 Å². The zero-order valence-electron chi connectivity index (χ0n) is 12.4. The fraction of sp³-hybridized carbons (Fsp3) is 0.333. The van der Waals surface area contributed by atoms with Gasteiger partial charge in [0.15, 0.2) is 0 Å². The Balaban J connectivity index is 2.42. The van der Waals surface area contributed by atoms with E-state index in [-0.39, 0.29) is 5.54 Å². The second-order valence-corrected chi connectivity index (χ2v) is 5.65. The van der Waals surface area contributed by atoms with Gasteiger partial charge < -0.3 is 0 Å². The van der Waals surface area contributed by atoms with Crippen molar-refractivity contribution in [2.45, 2.75) is 25.8 Å². The van der Waals surface area contributed by atoms with E-state index in [2.05, 4.69) is 87.4 Å². The molecule has 1 nitrogen and oxygen atoms in total. The normalized spacial score (nSPS) is 14.4. The minimum atomic E-state index is 0.0205. The highest BCUT2D eigenvalue weighted by Crippen LogP contribution is 2.32. The Bertz CT molecular complexity index is 530. The molecule has 0 aliphatic rings. The fourth-order valence-electron chi connectivity index (χ4n) is 2.66. The van der Waals surface area contributed by atoms with Crippen molar-refractivity contribution in [1.82, 2.24) is 4.90 Å². The average molecular weight is 253 g/mol. The molecule has 0 fully saturated rings. The molecular formula is C18H23N. The molecular weight excluding hydrogens is 230 g/mol. The lowest BCUT2D eigenvalue weighted by Gasteiger charge is -2.38. The van der Waals surface area contributed by atoms with Crippen molar-refractivity contribution >= 4 is 0 Å². The summed E-state index contributed by atoms with van der Waals surface area (Å²) in [6, 6.07) is 19.4. The molecule has 2 aromatic rings. The van der Waals surface area contributed by atoms with Crippen LogP contribution in [0.15, 0.2) is 54.6 Å². The highest BCUT2D eigenvalue weighted by atomic mass is 15.1. The van der Waals surface area contributed by atoms with E-state index >= 15 is 0 Å². The first kappa shape index (κ1) is 13.8. The molecule has 0 saturated carbocycles. The summed E-state index contributed by atoms with van der Waals surface area (Å²) in [5.41, 5.74) is 4.16. The molecule has 1 atom stereocenters. The van der Waals surface area contributed by atoms with Crippen LogP contribution in [0.4, 0.5) is 0 Å². The Morgan fingerprint density at radius 2 is 1.47 bits per heavy atom. The molecule has 0 aromatic heterocycles. The number of nitrogens with zero attached hydrogens (tertiary/aromatic N) is 1. The maximum atomic E-state index is 2.32. The van der Waals surface area contributed by atoms with Crippen LogP contribution in [0, 0.1) is 6.92 Å². The van der Waals surface area contributed by atoms with Crippen LogP contribution in [0.25, 0.3) is 0 Å². The van der Waals surface area contributed by atoms with E-state index in [0.29, 0.717) is 0 Å². The first-order valence-corrected chi connectivity index (χ1v) is 6.81. The fourth-order valence-corrected chi connectivity index (χ4v) is 2.66. The van der Waals surface area contributed by atoms with Crippen LogP contribution in [0.3, 0.4) is 0 Å². The number of aryl methyl sites for hydroxylation is 1. The molecule has 1 unspecified atom stereocenters. The average Bonchev–Trinajstić information content (AvgIpc) is 2.40. The number of benzene rings is 2. The summed E-state index contributed by atoms with van der Waals surface area (Å²) in [5, 5.41) is 0. The molecule has 2 aromatic carbocycles. The van der Waals surface area contributed by atoms with Gasteiger partial charge in [0, 0.05) is 5.54 Å². The summed E-state index contributed by atoms with van der Waals surface area (Å²) in [6.07, 6.45) is 1.02. The number of likely N-dealkylation sites (N-methyl/N-ethyl adjacent to an activating group) is 1. The molecule has 0 saturated heterocycles. The third kappa shape index (κ3) is 2.87. The monoisotopic (exact) mass is 253 g/mol. The van der Waals surface area contributed by atoms with E-state index in [4.69, 9.17) is 0 Å². The first-order valence-electron chi connectivity index (χ1n) is 6.81. The molecule has 100 valence electrons. The van der Waals surface area contributed by atoms with Gasteiger partial charge in [-0.3, -0.25) is 4.90 Å².